The maximum Gasteiger partial charge on any atom is 0.243 e. The number of aromatic nitrogens is 2. The van der Waals surface area contributed by atoms with Gasteiger partial charge in [0.25, 0.3) is 0 Å². The quantitative estimate of drug-likeness (QED) is 0.792. The van der Waals surface area contributed by atoms with Crippen LogP contribution in [0.25, 0.3) is 0 Å². The van der Waals surface area contributed by atoms with Gasteiger partial charge in [-0.15, -0.1) is 0 Å². The Kier molecular flexibility index (Phi) is 5.50. The van der Waals surface area contributed by atoms with Gasteiger partial charge in [0.05, 0.1) is 26.3 Å². The lowest BCUT2D eigenvalue weighted by molar-refractivity contribution is -0.117. The van der Waals surface area contributed by atoms with E-state index in [1.165, 1.54) is 20.3 Å². The molecule has 0 aliphatic carbocycles. The van der Waals surface area contributed by atoms with E-state index < -0.39 is 6.04 Å². The third-order valence-corrected chi connectivity index (χ3v) is 2.39. The first-order valence-corrected chi connectivity index (χ1v) is 5.99. The second kappa shape index (κ2) is 6.89. The summed E-state index contributed by atoms with van der Waals surface area (Å²) < 4.78 is 9.98. The zero-order chi connectivity index (χ0) is 14.4. The Morgan fingerprint density at radius 1 is 1.32 bits per heavy atom. The van der Waals surface area contributed by atoms with Gasteiger partial charge in [-0.3, -0.25) is 10.1 Å². The Hall–Kier alpha value is -1.89. The molecule has 0 aromatic carbocycles. The molecule has 0 spiro atoms. The van der Waals surface area contributed by atoms with E-state index in [2.05, 4.69) is 15.3 Å². The number of carbonyl (C=O) groups is 1. The van der Waals surface area contributed by atoms with Crippen LogP contribution >= 0.6 is 0 Å². The first-order valence-electron chi connectivity index (χ1n) is 5.99. The minimum Gasteiger partial charge on any atom is -0.481 e. The minimum absolute atomic E-state index is 0.111. The van der Waals surface area contributed by atoms with Crippen LogP contribution in [0.15, 0.2) is 6.07 Å². The standard InChI is InChI=1S/C12H20N4O3/c1-7(2)5-8(13)11(17)16-12-14-9(18-3)6-10(15-12)19-4/h6-8H,5,13H2,1-4H3,(H,14,15,16,17)/t8-/m0/s1. The molecule has 1 aromatic heterocycles. The first-order chi connectivity index (χ1) is 8.96. The smallest absolute Gasteiger partial charge is 0.243 e. The molecule has 7 heteroatoms. The summed E-state index contributed by atoms with van der Waals surface area (Å²) in [6, 6.07) is 0.921. The van der Waals surface area contributed by atoms with Gasteiger partial charge in [-0.25, -0.2) is 0 Å². The van der Waals surface area contributed by atoms with E-state index in [9.17, 15) is 4.79 Å². The van der Waals surface area contributed by atoms with Crippen LogP contribution in [0.4, 0.5) is 5.95 Å². The summed E-state index contributed by atoms with van der Waals surface area (Å²) in [4.78, 5) is 19.9. The van der Waals surface area contributed by atoms with Crippen molar-refractivity contribution in [1.29, 1.82) is 0 Å². The van der Waals surface area contributed by atoms with Crippen molar-refractivity contribution < 1.29 is 14.3 Å². The third-order valence-electron chi connectivity index (χ3n) is 2.39. The highest BCUT2D eigenvalue weighted by atomic mass is 16.5. The highest BCUT2D eigenvalue weighted by molar-refractivity contribution is 5.93. The summed E-state index contributed by atoms with van der Waals surface area (Å²) in [6.45, 7) is 4.00. The van der Waals surface area contributed by atoms with Crippen molar-refractivity contribution >= 4 is 11.9 Å². The van der Waals surface area contributed by atoms with Crippen LogP contribution in [0.2, 0.25) is 0 Å². The molecule has 3 N–H and O–H groups in total. The molecule has 19 heavy (non-hydrogen) atoms. The predicted octanol–water partition coefficient (Wildman–Crippen LogP) is 0.806. The fraction of sp³-hybridized carbons (Fsp3) is 0.583. The Bertz CT molecular complexity index is 415. The summed E-state index contributed by atoms with van der Waals surface area (Å²) in [5.74, 6) is 0.727. The number of hydrogen-bond acceptors (Lipinski definition) is 6. The molecular formula is C12H20N4O3. The Morgan fingerprint density at radius 2 is 1.84 bits per heavy atom. The second-order valence-corrected chi connectivity index (χ2v) is 4.50. The third kappa shape index (κ3) is 4.70. The van der Waals surface area contributed by atoms with Crippen molar-refractivity contribution in [3.63, 3.8) is 0 Å². The molecule has 0 unspecified atom stereocenters. The highest BCUT2D eigenvalue weighted by Crippen LogP contribution is 2.17. The van der Waals surface area contributed by atoms with E-state index in [-0.39, 0.29) is 11.9 Å². The molecule has 0 bridgehead atoms. The molecule has 106 valence electrons. The van der Waals surface area contributed by atoms with E-state index >= 15 is 0 Å². The van der Waals surface area contributed by atoms with E-state index in [0.717, 1.165) is 0 Å². The molecule has 0 fully saturated rings. The van der Waals surface area contributed by atoms with Crippen LogP contribution in [-0.4, -0.2) is 36.1 Å². The van der Waals surface area contributed by atoms with Gasteiger partial charge in [-0.05, 0) is 12.3 Å². The zero-order valence-corrected chi connectivity index (χ0v) is 11.6. The Labute approximate surface area is 112 Å². The monoisotopic (exact) mass is 268 g/mol. The molecule has 1 atom stereocenters. The Balaban J connectivity index is 2.78. The first kappa shape index (κ1) is 15.2. The number of nitrogens with two attached hydrogens (primary N) is 1. The predicted molar refractivity (Wildman–Crippen MR) is 71.2 cm³/mol. The van der Waals surface area contributed by atoms with Gasteiger partial charge in [0.2, 0.25) is 23.6 Å². The molecule has 1 heterocycles. The maximum absolute atomic E-state index is 11.8. The fourth-order valence-electron chi connectivity index (χ4n) is 1.49. The summed E-state index contributed by atoms with van der Waals surface area (Å²) >= 11 is 0. The van der Waals surface area contributed by atoms with Crippen molar-refractivity contribution in [3.8, 4) is 11.8 Å². The topological polar surface area (TPSA) is 99.4 Å². The van der Waals surface area contributed by atoms with Crippen molar-refractivity contribution in [2.45, 2.75) is 26.3 Å². The molecule has 0 radical (unpaired) electrons. The SMILES string of the molecule is COc1cc(OC)nc(NC(=O)[C@@H](N)CC(C)C)n1. The van der Waals surface area contributed by atoms with Gasteiger partial charge in [-0.1, -0.05) is 13.8 Å². The van der Waals surface area contributed by atoms with Gasteiger partial charge < -0.3 is 15.2 Å². The lowest BCUT2D eigenvalue weighted by atomic mass is 10.0. The van der Waals surface area contributed by atoms with E-state index in [1.807, 2.05) is 13.8 Å². The van der Waals surface area contributed by atoms with Gasteiger partial charge in [0.1, 0.15) is 0 Å². The number of anilines is 1. The van der Waals surface area contributed by atoms with Crippen molar-refractivity contribution in [2.75, 3.05) is 19.5 Å². The summed E-state index contributed by atoms with van der Waals surface area (Å²) in [5.41, 5.74) is 5.78. The molecule has 1 aromatic rings. The van der Waals surface area contributed by atoms with Gasteiger partial charge >= 0.3 is 0 Å². The largest absolute Gasteiger partial charge is 0.481 e. The van der Waals surface area contributed by atoms with Crippen LogP contribution < -0.4 is 20.5 Å². The van der Waals surface area contributed by atoms with Crippen LogP contribution in [-0.2, 0) is 4.79 Å². The van der Waals surface area contributed by atoms with Crippen molar-refractivity contribution in [2.24, 2.45) is 11.7 Å². The van der Waals surface area contributed by atoms with Crippen LogP contribution in [0.5, 0.6) is 11.8 Å². The highest BCUT2D eigenvalue weighted by Gasteiger charge is 2.17. The average Bonchev–Trinajstić information content (AvgIpc) is 2.37. The molecule has 1 amide bonds. The van der Waals surface area contributed by atoms with Gasteiger partial charge in [-0.2, -0.15) is 9.97 Å². The number of nitrogens with one attached hydrogen (secondary N) is 1. The summed E-state index contributed by atoms with van der Waals surface area (Å²) in [6.07, 6.45) is 0.590. The number of hydrogen-bond donors (Lipinski definition) is 2. The van der Waals surface area contributed by atoms with Crippen molar-refractivity contribution in [3.05, 3.63) is 6.07 Å². The number of amides is 1. The molecule has 7 nitrogen and oxygen atoms in total. The number of methoxy groups -OCH3 is 2. The van der Waals surface area contributed by atoms with Crippen LogP contribution in [0, 0.1) is 5.92 Å². The van der Waals surface area contributed by atoms with E-state index in [4.69, 9.17) is 15.2 Å². The van der Waals surface area contributed by atoms with Crippen LogP contribution in [0.3, 0.4) is 0 Å². The fourth-order valence-corrected chi connectivity index (χ4v) is 1.49. The maximum atomic E-state index is 11.8. The number of rotatable bonds is 6. The minimum atomic E-state index is -0.596. The summed E-state index contributed by atoms with van der Waals surface area (Å²) in [5, 5.41) is 2.55. The molecule has 0 aliphatic heterocycles. The number of carbonyl (C=O) groups excluding carboxylic acids is 1. The molecule has 0 saturated carbocycles. The number of nitrogens with zero attached hydrogens (tertiary/aromatic N) is 2. The lowest BCUT2D eigenvalue weighted by Crippen LogP contribution is -2.37. The summed E-state index contributed by atoms with van der Waals surface area (Å²) in [7, 11) is 2.94. The lowest BCUT2D eigenvalue weighted by Gasteiger charge is -2.13. The average molecular weight is 268 g/mol. The second-order valence-electron chi connectivity index (χ2n) is 4.50. The molecule has 1 rings (SSSR count). The van der Waals surface area contributed by atoms with Gasteiger partial charge in [0.15, 0.2) is 0 Å². The van der Waals surface area contributed by atoms with E-state index in [1.54, 1.807) is 0 Å². The normalized spacial score (nSPS) is 12.1. The number of ether oxygens (including phenoxy) is 2. The zero-order valence-electron chi connectivity index (χ0n) is 11.6. The molecule has 0 aliphatic rings. The van der Waals surface area contributed by atoms with Crippen LogP contribution in [0.1, 0.15) is 20.3 Å². The molecular weight excluding hydrogens is 248 g/mol. The van der Waals surface area contributed by atoms with Crippen molar-refractivity contribution in [1.82, 2.24) is 9.97 Å². The van der Waals surface area contributed by atoms with E-state index in [0.29, 0.717) is 24.1 Å². The molecule has 0 saturated heterocycles. The van der Waals surface area contributed by atoms with Gasteiger partial charge in [0, 0.05) is 0 Å². The Morgan fingerprint density at radius 3 is 2.26 bits per heavy atom.